The van der Waals surface area contributed by atoms with E-state index < -0.39 is 0 Å². The van der Waals surface area contributed by atoms with Gasteiger partial charge in [-0.15, -0.1) is 0 Å². The highest BCUT2D eigenvalue weighted by Crippen LogP contribution is 2.41. The SMILES string of the molecule is c1ccc2c(c1)CNc1ccccc1C1=C2CCCCCC1. The zero-order valence-corrected chi connectivity index (χ0v) is 13.1. The largest absolute Gasteiger partial charge is 0.380 e. The first kappa shape index (κ1) is 13.6. The Kier molecular flexibility index (Phi) is 3.72. The Morgan fingerprint density at radius 2 is 1.27 bits per heavy atom. The molecule has 1 aliphatic heterocycles. The van der Waals surface area contributed by atoms with Crippen molar-refractivity contribution in [2.45, 2.75) is 45.1 Å². The number of hydrogen-bond donors (Lipinski definition) is 1. The fourth-order valence-corrected chi connectivity index (χ4v) is 3.91. The van der Waals surface area contributed by atoms with E-state index in [-0.39, 0.29) is 0 Å². The first-order chi connectivity index (χ1) is 10.9. The van der Waals surface area contributed by atoms with Crippen LogP contribution in [0.2, 0.25) is 0 Å². The maximum absolute atomic E-state index is 3.66. The summed E-state index contributed by atoms with van der Waals surface area (Å²) in [5, 5.41) is 3.66. The number of allylic oxidation sites excluding steroid dienone is 2. The van der Waals surface area contributed by atoms with Crippen LogP contribution < -0.4 is 5.32 Å². The molecule has 0 spiro atoms. The first-order valence-electron chi connectivity index (χ1n) is 8.57. The summed E-state index contributed by atoms with van der Waals surface area (Å²) in [4.78, 5) is 0. The van der Waals surface area contributed by atoms with Gasteiger partial charge in [-0.1, -0.05) is 55.3 Å². The van der Waals surface area contributed by atoms with Crippen LogP contribution in [0.25, 0.3) is 11.1 Å². The summed E-state index contributed by atoms with van der Waals surface area (Å²) < 4.78 is 0. The van der Waals surface area contributed by atoms with Gasteiger partial charge in [-0.25, -0.2) is 0 Å². The molecule has 112 valence electrons. The van der Waals surface area contributed by atoms with Crippen LogP contribution in [-0.2, 0) is 6.54 Å². The molecule has 1 N–H and O–H groups in total. The molecular weight excluding hydrogens is 266 g/mol. The molecule has 1 heteroatoms. The highest BCUT2D eigenvalue weighted by atomic mass is 14.9. The van der Waals surface area contributed by atoms with Crippen LogP contribution in [-0.4, -0.2) is 0 Å². The summed E-state index contributed by atoms with van der Waals surface area (Å²) in [5.41, 5.74) is 8.81. The summed E-state index contributed by atoms with van der Waals surface area (Å²) >= 11 is 0. The van der Waals surface area contributed by atoms with E-state index in [1.165, 1.54) is 60.9 Å². The number of para-hydroxylation sites is 1. The van der Waals surface area contributed by atoms with Gasteiger partial charge < -0.3 is 5.32 Å². The van der Waals surface area contributed by atoms with Crippen molar-refractivity contribution >= 4 is 16.8 Å². The Balaban J connectivity index is 1.97. The van der Waals surface area contributed by atoms with Crippen LogP contribution in [0.1, 0.15) is 55.2 Å². The molecule has 0 atom stereocenters. The first-order valence-corrected chi connectivity index (χ1v) is 8.57. The molecule has 0 unspecified atom stereocenters. The molecule has 4 rings (SSSR count). The number of rotatable bonds is 0. The third-order valence-corrected chi connectivity index (χ3v) is 5.03. The van der Waals surface area contributed by atoms with Gasteiger partial charge in [0.05, 0.1) is 0 Å². The van der Waals surface area contributed by atoms with E-state index in [1.54, 1.807) is 11.1 Å². The molecule has 0 saturated carbocycles. The van der Waals surface area contributed by atoms with Gasteiger partial charge in [-0.2, -0.15) is 0 Å². The lowest BCUT2D eigenvalue weighted by molar-refractivity contribution is 0.648. The van der Waals surface area contributed by atoms with Crippen molar-refractivity contribution in [2.24, 2.45) is 0 Å². The maximum atomic E-state index is 3.66. The van der Waals surface area contributed by atoms with Crippen LogP contribution in [0.5, 0.6) is 0 Å². The van der Waals surface area contributed by atoms with Gasteiger partial charge in [0.15, 0.2) is 0 Å². The third-order valence-electron chi connectivity index (χ3n) is 5.03. The van der Waals surface area contributed by atoms with Gasteiger partial charge in [0.25, 0.3) is 0 Å². The minimum absolute atomic E-state index is 0.921. The van der Waals surface area contributed by atoms with Crippen molar-refractivity contribution in [3.8, 4) is 0 Å². The van der Waals surface area contributed by atoms with E-state index in [1.807, 2.05) is 0 Å². The lowest BCUT2D eigenvalue weighted by Crippen LogP contribution is -2.10. The number of fused-ring (bicyclic) bond motifs is 4. The van der Waals surface area contributed by atoms with Crippen molar-refractivity contribution < 1.29 is 0 Å². The molecule has 22 heavy (non-hydrogen) atoms. The van der Waals surface area contributed by atoms with Crippen LogP contribution in [0.3, 0.4) is 0 Å². The summed E-state index contributed by atoms with van der Waals surface area (Å²) in [7, 11) is 0. The number of anilines is 1. The van der Waals surface area contributed by atoms with Gasteiger partial charge in [-0.05, 0) is 54.0 Å². The number of nitrogens with one attached hydrogen (secondary N) is 1. The average molecular weight is 289 g/mol. The second-order valence-corrected chi connectivity index (χ2v) is 6.43. The number of hydrogen-bond acceptors (Lipinski definition) is 1. The maximum Gasteiger partial charge on any atom is 0.0419 e. The molecule has 1 nitrogen and oxygen atoms in total. The molecule has 0 amide bonds. The van der Waals surface area contributed by atoms with Crippen LogP contribution >= 0.6 is 0 Å². The zero-order valence-electron chi connectivity index (χ0n) is 13.1. The standard InChI is InChI=1S/C21H23N/c1-2-4-12-19-18(11-3-1)17-10-6-5-9-16(17)15-22-21-14-8-7-13-20(19)21/h5-10,13-14,22H,1-4,11-12,15H2. The van der Waals surface area contributed by atoms with E-state index in [4.69, 9.17) is 0 Å². The molecule has 1 aliphatic carbocycles. The Bertz CT molecular complexity index is 650. The molecule has 0 fully saturated rings. The molecule has 2 aromatic rings. The average Bonchev–Trinajstić information content (AvgIpc) is 2.53. The minimum Gasteiger partial charge on any atom is -0.380 e. The Labute approximate surface area is 133 Å². The predicted molar refractivity (Wildman–Crippen MR) is 94.7 cm³/mol. The topological polar surface area (TPSA) is 12.0 Å². The van der Waals surface area contributed by atoms with Crippen molar-refractivity contribution in [1.29, 1.82) is 0 Å². The van der Waals surface area contributed by atoms with Crippen molar-refractivity contribution in [3.63, 3.8) is 0 Å². The predicted octanol–water partition coefficient (Wildman–Crippen LogP) is 5.88. The van der Waals surface area contributed by atoms with Gasteiger partial charge in [0.2, 0.25) is 0 Å². The lowest BCUT2D eigenvalue weighted by Gasteiger charge is -2.26. The summed E-state index contributed by atoms with van der Waals surface area (Å²) in [6, 6.07) is 17.8. The molecule has 0 saturated heterocycles. The Morgan fingerprint density at radius 3 is 2.09 bits per heavy atom. The second kappa shape index (κ2) is 6.00. The molecular formula is C21H23N. The molecule has 0 radical (unpaired) electrons. The van der Waals surface area contributed by atoms with E-state index in [0.717, 1.165) is 6.54 Å². The van der Waals surface area contributed by atoms with E-state index in [9.17, 15) is 0 Å². The van der Waals surface area contributed by atoms with Gasteiger partial charge in [0.1, 0.15) is 0 Å². The second-order valence-electron chi connectivity index (χ2n) is 6.43. The van der Waals surface area contributed by atoms with Crippen LogP contribution in [0, 0.1) is 0 Å². The normalized spacial score (nSPS) is 17.8. The molecule has 0 bridgehead atoms. The third kappa shape index (κ3) is 2.45. The molecule has 2 aromatic carbocycles. The van der Waals surface area contributed by atoms with Gasteiger partial charge >= 0.3 is 0 Å². The minimum atomic E-state index is 0.921. The van der Waals surface area contributed by atoms with Gasteiger partial charge in [-0.3, -0.25) is 0 Å². The Morgan fingerprint density at radius 1 is 0.636 bits per heavy atom. The smallest absolute Gasteiger partial charge is 0.0419 e. The Hall–Kier alpha value is -2.02. The van der Waals surface area contributed by atoms with Crippen LogP contribution in [0.4, 0.5) is 5.69 Å². The van der Waals surface area contributed by atoms with E-state index in [0.29, 0.717) is 0 Å². The summed E-state index contributed by atoms with van der Waals surface area (Å²) in [6.45, 7) is 0.921. The van der Waals surface area contributed by atoms with Gasteiger partial charge in [0, 0.05) is 17.8 Å². The van der Waals surface area contributed by atoms with Crippen molar-refractivity contribution in [2.75, 3.05) is 5.32 Å². The van der Waals surface area contributed by atoms with Crippen molar-refractivity contribution in [1.82, 2.24) is 0 Å². The molecule has 2 aliphatic rings. The zero-order chi connectivity index (χ0) is 14.8. The highest BCUT2D eigenvalue weighted by molar-refractivity contribution is 5.95. The highest BCUT2D eigenvalue weighted by Gasteiger charge is 2.20. The van der Waals surface area contributed by atoms with E-state index >= 15 is 0 Å². The van der Waals surface area contributed by atoms with Crippen LogP contribution in [0.15, 0.2) is 48.5 Å². The van der Waals surface area contributed by atoms with Crippen molar-refractivity contribution in [3.05, 3.63) is 65.2 Å². The monoisotopic (exact) mass is 289 g/mol. The molecule has 0 aromatic heterocycles. The van der Waals surface area contributed by atoms with E-state index in [2.05, 4.69) is 53.8 Å². The molecule has 1 heterocycles. The summed E-state index contributed by atoms with van der Waals surface area (Å²) in [5.74, 6) is 0. The fraction of sp³-hybridized carbons (Fsp3) is 0.333. The lowest BCUT2D eigenvalue weighted by atomic mass is 9.83. The quantitative estimate of drug-likeness (QED) is 0.639. The fourth-order valence-electron chi connectivity index (χ4n) is 3.91. The number of benzene rings is 2. The summed E-state index contributed by atoms with van der Waals surface area (Å²) in [6.07, 6.45) is 7.81.